The molecule has 0 aromatic carbocycles. The molecule has 6 nitrogen and oxygen atoms in total. The Labute approximate surface area is 154 Å². The number of likely N-dealkylation sites (tertiary alicyclic amines) is 1. The van der Waals surface area contributed by atoms with Gasteiger partial charge in [-0.05, 0) is 44.6 Å². The summed E-state index contributed by atoms with van der Waals surface area (Å²) in [6, 6.07) is 0.463. The molecule has 0 bridgehead atoms. The molecule has 1 fully saturated rings. The minimum Gasteiger partial charge on any atom is -0.357 e. The average molecular weight is 375 g/mol. The van der Waals surface area contributed by atoms with E-state index in [1.54, 1.807) is 0 Å². The van der Waals surface area contributed by atoms with Crippen LogP contribution in [-0.2, 0) is 9.84 Å². The second-order valence-corrected chi connectivity index (χ2v) is 10.3. The maximum atomic E-state index is 11.4. The highest BCUT2D eigenvalue weighted by Crippen LogP contribution is 2.21. The molecular formula is C18H38N4O2S. The van der Waals surface area contributed by atoms with Crippen molar-refractivity contribution in [2.45, 2.75) is 59.4 Å². The van der Waals surface area contributed by atoms with Crippen molar-refractivity contribution in [2.75, 3.05) is 44.7 Å². The highest BCUT2D eigenvalue weighted by atomic mass is 32.2. The first-order chi connectivity index (χ1) is 11.6. The van der Waals surface area contributed by atoms with Gasteiger partial charge in [0.05, 0.1) is 5.75 Å². The largest absolute Gasteiger partial charge is 0.357 e. The maximum Gasteiger partial charge on any atom is 0.191 e. The molecule has 1 rings (SSSR count). The lowest BCUT2D eigenvalue weighted by Crippen LogP contribution is -2.49. The number of rotatable bonds is 9. The van der Waals surface area contributed by atoms with E-state index < -0.39 is 9.84 Å². The van der Waals surface area contributed by atoms with Gasteiger partial charge in [-0.1, -0.05) is 20.8 Å². The fraction of sp³-hybridized carbons (Fsp3) is 0.944. The van der Waals surface area contributed by atoms with Crippen molar-refractivity contribution < 1.29 is 8.42 Å². The standard InChI is InChI=1S/C18H38N4O2S/c1-6-11-22-12-8-16(9-13-22)21-17(19-7-2)20-15-18(3,4)10-14-25(5,23)24/h16H,6-15H2,1-5H3,(H2,19,20,21). The summed E-state index contributed by atoms with van der Waals surface area (Å²) < 4.78 is 22.8. The van der Waals surface area contributed by atoms with E-state index in [9.17, 15) is 8.42 Å². The summed E-state index contributed by atoms with van der Waals surface area (Å²) in [7, 11) is -2.92. The van der Waals surface area contributed by atoms with Gasteiger partial charge in [0, 0.05) is 38.5 Å². The van der Waals surface area contributed by atoms with Gasteiger partial charge in [0.2, 0.25) is 0 Å². The number of nitrogens with one attached hydrogen (secondary N) is 2. The zero-order valence-corrected chi connectivity index (χ0v) is 17.6. The summed E-state index contributed by atoms with van der Waals surface area (Å²) in [5.74, 6) is 1.07. The van der Waals surface area contributed by atoms with Crippen molar-refractivity contribution in [3.8, 4) is 0 Å². The van der Waals surface area contributed by atoms with E-state index in [0.717, 1.165) is 38.4 Å². The zero-order valence-electron chi connectivity index (χ0n) is 16.8. The molecule has 1 heterocycles. The molecule has 1 aliphatic heterocycles. The van der Waals surface area contributed by atoms with Crippen molar-refractivity contribution in [3.05, 3.63) is 0 Å². The lowest BCUT2D eigenvalue weighted by Gasteiger charge is -2.33. The summed E-state index contributed by atoms with van der Waals surface area (Å²) in [5, 5.41) is 6.88. The summed E-state index contributed by atoms with van der Waals surface area (Å²) in [4.78, 5) is 7.25. The van der Waals surface area contributed by atoms with Gasteiger partial charge in [-0.15, -0.1) is 0 Å². The first kappa shape index (κ1) is 22.2. The molecule has 7 heteroatoms. The predicted octanol–water partition coefficient (Wildman–Crippen LogP) is 1.88. The summed E-state index contributed by atoms with van der Waals surface area (Å²) >= 11 is 0. The molecule has 0 saturated carbocycles. The van der Waals surface area contributed by atoms with E-state index in [0.29, 0.717) is 19.0 Å². The van der Waals surface area contributed by atoms with Crippen molar-refractivity contribution >= 4 is 15.8 Å². The van der Waals surface area contributed by atoms with Crippen LogP contribution in [0.5, 0.6) is 0 Å². The third-order valence-electron chi connectivity index (χ3n) is 4.63. The highest BCUT2D eigenvalue weighted by molar-refractivity contribution is 7.90. The quantitative estimate of drug-likeness (QED) is 0.476. The molecule has 148 valence electrons. The first-order valence-electron chi connectivity index (χ1n) is 9.60. The topological polar surface area (TPSA) is 73.8 Å². The number of piperidine rings is 1. The summed E-state index contributed by atoms with van der Waals surface area (Å²) in [5.41, 5.74) is -0.129. The van der Waals surface area contributed by atoms with Crippen molar-refractivity contribution in [2.24, 2.45) is 10.4 Å². The SMILES string of the molecule is CCCN1CCC(NC(=NCC(C)(C)CCS(C)(=O)=O)NCC)CC1. The Morgan fingerprint density at radius 3 is 2.40 bits per heavy atom. The summed E-state index contributed by atoms with van der Waals surface area (Å²) in [6.45, 7) is 13.4. The lowest BCUT2D eigenvalue weighted by atomic mass is 9.90. The molecule has 0 aromatic rings. The van der Waals surface area contributed by atoms with Gasteiger partial charge in [-0.2, -0.15) is 0 Å². The van der Waals surface area contributed by atoms with E-state index in [1.807, 2.05) is 0 Å². The van der Waals surface area contributed by atoms with Crippen LogP contribution < -0.4 is 10.6 Å². The van der Waals surface area contributed by atoms with Crippen molar-refractivity contribution in [1.29, 1.82) is 0 Å². The Kier molecular flexibility index (Phi) is 9.21. The van der Waals surface area contributed by atoms with Crippen molar-refractivity contribution in [3.63, 3.8) is 0 Å². The molecule has 0 atom stereocenters. The lowest BCUT2D eigenvalue weighted by molar-refractivity contribution is 0.206. The van der Waals surface area contributed by atoms with Gasteiger partial charge >= 0.3 is 0 Å². The van der Waals surface area contributed by atoms with Gasteiger partial charge in [0.25, 0.3) is 0 Å². The molecule has 0 aromatic heterocycles. The smallest absolute Gasteiger partial charge is 0.191 e. The van der Waals surface area contributed by atoms with Crippen LogP contribution in [0.1, 0.15) is 53.4 Å². The average Bonchev–Trinajstić information content (AvgIpc) is 2.53. The van der Waals surface area contributed by atoms with Gasteiger partial charge in [0.15, 0.2) is 5.96 Å². The van der Waals surface area contributed by atoms with Crippen LogP contribution in [0.2, 0.25) is 0 Å². The minimum absolute atomic E-state index is 0.129. The van der Waals surface area contributed by atoms with Crippen LogP contribution in [-0.4, -0.2) is 70.1 Å². The van der Waals surface area contributed by atoms with Crippen LogP contribution in [0.15, 0.2) is 4.99 Å². The number of hydrogen-bond donors (Lipinski definition) is 2. The molecule has 0 radical (unpaired) electrons. The van der Waals surface area contributed by atoms with E-state index >= 15 is 0 Å². The molecular weight excluding hydrogens is 336 g/mol. The Morgan fingerprint density at radius 2 is 1.88 bits per heavy atom. The fourth-order valence-electron chi connectivity index (χ4n) is 2.96. The monoisotopic (exact) mass is 374 g/mol. The minimum atomic E-state index is -2.92. The number of hydrogen-bond acceptors (Lipinski definition) is 4. The highest BCUT2D eigenvalue weighted by Gasteiger charge is 2.22. The van der Waals surface area contributed by atoms with Crippen LogP contribution in [0.25, 0.3) is 0 Å². The third kappa shape index (κ3) is 10.0. The first-order valence-corrected chi connectivity index (χ1v) is 11.7. The van der Waals surface area contributed by atoms with Crippen LogP contribution in [0.3, 0.4) is 0 Å². The van der Waals surface area contributed by atoms with E-state index in [2.05, 4.69) is 43.2 Å². The molecule has 1 saturated heterocycles. The predicted molar refractivity (Wildman–Crippen MR) is 107 cm³/mol. The zero-order chi connectivity index (χ0) is 18.9. The maximum absolute atomic E-state index is 11.4. The fourth-order valence-corrected chi connectivity index (χ4v) is 3.89. The third-order valence-corrected chi connectivity index (χ3v) is 5.57. The molecule has 1 aliphatic rings. The Hall–Kier alpha value is -0.820. The Balaban J connectivity index is 2.53. The Morgan fingerprint density at radius 1 is 1.24 bits per heavy atom. The van der Waals surface area contributed by atoms with Crippen molar-refractivity contribution in [1.82, 2.24) is 15.5 Å². The molecule has 0 aliphatic carbocycles. The van der Waals surface area contributed by atoms with Crippen LogP contribution in [0, 0.1) is 5.41 Å². The van der Waals surface area contributed by atoms with Crippen LogP contribution >= 0.6 is 0 Å². The van der Waals surface area contributed by atoms with Gasteiger partial charge in [-0.3, -0.25) is 4.99 Å². The van der Waals surface area contributed by atoms with Crippen LogP contribution in [0.4, 0.5) is 0 Å². The Bertz CT molecular complexity index is 509. The molecule has 0 amide bonds. The number of guanidine groups is 1. The summed E-state index contributed by atoms with van der Waals surface area (Å²) in [6.07, 6.45) is 5.42. The van der Waals surface area contributed by atoms with E-state index in [4.69, 9.17) is 4.99 Å². The normalized spacial score (nSPS) is 18.4. The molecule has 25 heavy (non-hydrogen) atoms. The van der Waals surface area contributed by atoms with E-state index in [-0.39, 0.29) is 11.2 Å². The van der Waals surface area contributed by atoms with E-state index in [1.165, 1.54) is 19.2 Å². The molecule has 0 spiro atoms. The molecule has 2 N–H and O–H groups in total. The second-order valence-electron chi connectivity index (χ2n) is 8.00. The number of aliphatic imine (C=N–C) groups is 1. The van der Waals surface area contributed by atoms with Gasteiger partial charge in [0.1, 0.15) is 9.84 Å². The van der Waals surface area contributed by atoms with Gasteiger partial charge in [-0.25, -0.2) is 8.42 Å². The number of sulfone groups is 1. The van der Waals surface area contributed by atoms with Gasteiger partial charge < -0.3 is 15.5 Å². The molecule has 0 unspecified atom stereocenters. The number of nitrogens with zero attached hydrogens (tertiary/aromatic N) is 2. The second kappa shape index (κ2) is 10.4.